The van der Waals surface area contributed by atoms with Gasteiger partial charge in [-0.15, -0.1) is 0 Å². The van der Waals surface area contributed by atoms with Gasteiger partial charge in [-0.25, -0.2) is 21.9 Å². The third-order valence-corrected chi connectivity index (χ3v) is 7.49. The lowest BCUT2D eigenvalue weighted by Crippen LogP contribution is -2.46. The summed E-state index contributed by atoms with van der Waals surface area (Å²) < 4.78 is 54.9. The fourth-order valence-corrected chi connectivity index (χ4v) is 4.27. The van der Waals surface area contributed by atoms with Crippen LogP contribution < -0.4 is 10.0 Å². The van der Waals surface area contributed by atoms with Gasteiger partial charge in [0.05, 0.1) is 4.75 Å². The van der Waals surface area contributed by atoms with E-state index in [1.807, 2.05) is 0 Å². The maximum absolute atomic E-state index is 14.2. The van der Waals surface area contributed by atoms with Gasteiger partial charge in [0, 0.05) is 32.4 Å². The molecule has 0 bridgehead atoms. The summed E-state index contributed by atoms with van der Waals surface area (Å²) >= 11 is 0. The zero-order valence-corrected chi connectivity index (χ0v) is 18.5. The van der Waals surface area contributed by atoms with E-state index >= 15 is 0 Å². The summed E-state index contributed by atoms with van der Waals surface area (Å²) in [7, 11) is -0.505. The van der Waals surface area contributed by atoms with E-state index in [4.69, 9.17) is 0 Å². The predicted molar refractivity (Wildman–Crippen MR) is 110 cm³/mol. The number of carbonyl (C=O) groups excluding carboxylic acids is 1. The Morgan fingerprint density at radius 2 is 1.62 bits per heavy atom. The van der Waals surface area contributed by atoms with E-state index in [-0.39, 0.29) is 17.6 Å². The highest BCUT2D eigenvalue weighted by atomic mass is 32.2. The zero-order chi connectivity index (χ0) is 22.0. The lowest BCUT2D eigenvalue weighted by molar-refractivity contribution is 0.0818. The molecule has 0 atom stereocenters. The molecule has 6 nitrogen and oxygen atoms in total. The third-order valence-electron chi connectivity index (χ3n) is 5.23. The standard InChI is InChI=1S/C20H31F2N3O3S/c1-20(2,3)29(27,28)24-14-8-6-13(7-9-14)12-23-15-10-16(21)18(17(22)11-15)19(26)25(4)5/h10-11,13-14,23-24H,6-9,12H2,1-5H3. The molecule has 0 unspecified atom stereocenters. The van der Waals surface area contributed by atoms with Gasteiger partial charge in [-0.2, -0.15) is 0 Å². The summed E-state index contributed by atoms with van der Waals surface area (Å²) in [5.74, 6) is -2.24. The first-order valence-electron chi connectivity index (χ1n) is 9.78. The third kappa shape index (κ3) is 5.88. The van der Waals surface area contributed by atoms with Gasteiger partial charge in [-0.1, -0.05) is 0 Å². The molecule has 1 saturated carbocycles. The van der Waals surface area contributed by atoms with Gasteiger partial charge in [-0.05, 0) is 64.5 Å². The number of nitrogens with zero attached hydrogens (tertiary/aromatic N) is 1. The topological polar surface area (TPSA) is 78.5 Å². The van der Waals surface area contributed by atoms with Crippen molar-refractivity contribution in [1.29, 1.82) is 0 Å². The lowest BCUT2D eigenvalue weighted by atomic mass is 9.86. The Balaban J connectivity index is 1.90. The van der Waals surface area contributed by atoms with E-state index < -0.39 is 37.9 Å². The Labute approximate surface area is 172 Å². The first kappa shape index (κ1) is 23.5. The van der Waals surface area contributed by atoms with Gasteiger partial charge >= 0.3 is 0 Å². The summed E-state index contributed by atoms with van der Waals surface area (Å²) in [5, 5.41) is 3.04. The lowest BCUT2D eigenvalue weighted by Gasteiger charge is -2.31. The van der Waals surface area contributed by atoms with Crippen LogP contribution in [0.1, 0.15) is 56.8 Å². The Bertz CT molecular complexity index is 820. The Morgan fingerprint density at radius 1 is 1.10 bits per heavy atom. The molecule has 0 radical (unpaired) electrons. The van der Waals surface area contributed by atoms with Crippen molar-refractivity contribution < 1.29 is 22.0 Å². The van der Waals surface area contributed by atoms with Crippen LogP contribution in [-0.2, 0) is 10.0 Å². The highest BCUT2D eigenvalue weighted by Gasteiger charge is 2.32. The van der Waals surface area contributed by atoms with Crippen molar-refractivity contribution in [2.24, 2.45) is 5.92 Å². The molecule has 0 heterocycles. The van der Waals surface area contributed by atoms with Crippen molar-refractivity contribution >= 4 is 21.6 Å². The van der Waals surface area contributed by atoms with Crippen LogP contribution in [0.3, 0.4) is 0 Å². The number of hydrogen-bond acceptors (Lipinski definition) is 4. The number of sulfonamides is 1. The van der Waals surface area contributed by atoms with E-state index in [2.05, 4.69) is 10.0 Å². The van der Waals surface area contributed by atoms with Crippen molar-refractivity contribution in [1.82, 2.24) is 9.62 Å². The van der Waals surface area contributed by atoms with Crippen LogP contribution in [0.4, 0.5) is 14.5 Å². The fourth-order valence-electron chi connectivity index (χ4n) is 3.25. The summed E-state index contributed by atoms with van der Waals surface area (Å²) in [6.07, 6.45) is 3.07. The van der Waals surface area contributed by atoms with Crippen molar-refractivity contribution in [2.75, 3.05) is 26.0 Å². The molecule has 9 heteroatoms. The van der Waals surface area contributed by atoms with Crippen LogP contribution >= 0.6 is 0 Å². The van der Waals surface area contributed by atoms with Crippen LogP contribution in [0, 0.1) is 17.6 Å². The second-order valence-corrected chi connectivity index (χ2v) is 11.3. The summed E-state index contributed by atoms with van der Waals surface area (Å²) in [5.41, 5.74) is -0.280. The van der Waals surface area contributed by atoms with Gasteiger partial charge in [0.25, 0.3) is 5.91 Å². The van der Waals surface area contributed by atoms with E-state index in [1.165, 1.54) is 14.1 Å². The minimum absolute atomic E-state index is 0.0818. The molecule has 2 N–H and O–H groups in total. The average Bonchev–Trinajstić information content (AvgIpc) is 2.59. The minimum atomic E-state index is -3.38. The molecule has 0 spiro atoms. The molecule has 1 fully saturated rings. The molecule has 2 rings (SSSR count). The molecule has 1 aliphatic carbocycles. The summed E-state index contributed by atoms with van der Waals surface area (Å²) in [6.45, 7) is 5.53. The quantitative estimate of drug-likeness (QED) is 0.724. The molecule has 0 aliphatic heterocycles. The fraction of sp³-hybridized carbons (Fsp3) is 0.650. The first-order chi connectivity index (χ1) is 13.3. The number of anilines is 1. The number of carbonyl (C=O) groups is 1. The smallest absolute Gasteiger partial charge is 0.259 e. The molecule has 0 saturated heterocycles. The van der Waals surface area contributed by atoms with Gasteiger partial charge in [0.2, 0.25) is 10.0 Å². The van der Waals surface area contributed by atoms with E-state index in [0.29, 0.717) is 6.54 Å². The Morgan fingerprint density at radius 3 is 2.07 bits per heavy atom. The Kier molecular flexibility index (Phi) is 7.27. The van der Waals surface area contributed by atoms with Crippen molar-refractivity contribution in [3.63, 3.8) is 0 Å². The number of rotatable bonds is 6. The molecule has 29 heavy (non-hydrogen) atoms. The second kappa shape index (κ2) is 8.95. The monoisotopic (exact) mass is 431 g/mol. The molecule has 1 aliphatic rings. The number of halogens is 2. The average molecular weight is 432 g/mol. The highest BCUT2D eigenvalue weighted by molar-refractivity contribution is 7.90. The molecule has 1 aromatic carbocycles. The largest absolute Gasteiger partial charge is 0.385 e. The van der Waals surface area contributed by atoms with Crippen LogP contribution in [-0.4, -0.2) is 50.7 Å². The SMILES string of the molecule is CN(C)C(=O)c1c(F)cc(NCC2CCC(NS(=O)(=O)C(C)(C)C)CC2)cc1F. The number of nitrogens with one attached hydrogen (secondary N) is 2. The van der Waals surface area contributed by atoms with Gasteiger partial charge < -0.3 is 10.2 Å². The second-order valence-electron chi connectivity index (χ2n) is 8.85. The van der Waals surface area contributed by atoms with Crippen molar-refractivity contribution in [2.45, 2.75) is 57.2 Å². The van der Waals surface area contributed by atoms with Crippen molar-refractivity contribution in [3.8, 4) is 0 Å². The molecular formula is C20H31F2N3O3S. The molecule has 1 aromatic rings. The van der Waals surface area contributed by atoms with Gasteiger partial charge in [0.1, 0.15) is 17.2 Å². The van der Waals surface area contributed by atoms with Gasteiger partial charge in [0.15, 0.2) is 0 Å². The van der Waals surface area contributed by atoms with E-state index in [0.717, 1.165) is 42.7 Å². The maximum Gasteiger partial charge on any atom is 0.259 e. The highest BCUT2D eigenvalue weighted by Crippen LogP contribution is 2.27. The Hall–Kier alpha value is -1.74. The number of benzene rings is 1. The molecule has 0 aromatic heterocycles. The first-order valence-corrected chi connectivity index (χ1v) is 11.3. The molecule has 164 valence electrons. The maximum atomic E-state index is 14.2. The summed E-state index contributed by atoms with van der Waals surface area (Å²) in [6, 6.07) is 2.17. The molecule has 1 amide bonds. The minimum Gasteiger partial charge on any atom is -0.385 e. The summed E-state index contributed by atoms with van der Waals surface area (Å²) in [4.78, 5) is 13.0. The number of amides is 1. The van der Waals surface area contributed by atoms with Crippen LogP contribution in [0.5, 0.6) is 0 Å². The van der Waals surface area contributed by atoms with Crippen LogP contribution in [0.25, 0.3) is 0 Å². The number of hydrogen-bond donors (Lipinski definition) is 2. The molecular weight excluding hydrogens is 400 g/mol. The van der Waals surface area contributed by atoms with Crippen LogP contribution in [0.15, 0.2) is 12.1 Å². The van der Waals surface area contributed by atoms with Gasteiger partial charge in [-0.3, -0.25) is 4.79 Å². The predicted octanol–water partition coefficient (Wildman–Crippen LogP) is 3.36. The van der Waals surface area contributed by atoms with E-state index in [1.54, 1.807) is 20.8 Å². The zero-order valence-electron chi connectivity index (χ0n) is 17.7. The normalized spacial score (nSPS) is 20.4. The van der Waals surface area contributed by atoms with Crippen molar-refractivity contribution in [3.05, 3.63) is 29.3 Å². The van der Waals surface area contributed by atoms with E-state index in [9.17, 15) is 22.0 Å². The van der Waals surface area contributed by atoms with Crippen LogP contribution in [0.2, 0.25) is 0 Å².